The van der Waals surface area contributed by atoms with Crippen LogP contribution in [0.2, 0.25) is 0 Å². The third-order valence-corrected chi connectivity index (χ3v) is 3.24. The number of carbonyl (C=O) groups excluding carboxylic acids is 2. The number of benzene rings is 1. The summed E-state index contributed by atoms with van der Waals surface area (Å²) in [5, 5.41) is 11.5. The average Bonchev–Trinajstić information content (AvgIpc) is 2.39. The Hall–Kier alpha value is -2.70. The van der Waals surface area contributed by atoms with Crippen molar-refractivity contribution in [3.8, 4) is 0 Å². The van der Waals surface area contributed by atoms with Crippen molar-refractivity contribution in [3.63, 3.8) is 0 Å². The van der Waals surface area contributed by atoms with Crippen molar-refractivity contribution in [2.45, 2.75) is 20.3 Å². The Morgan fingerprint density at radius 2 is 2.05 bits per heavy atom. The SMILES string of the molecule is CC(=O)N(C(=N)N)c1ccc(C2=NNC(=O)CC2C)cc1. The van der Waals surface area contributed by atoms with Gasteiger partial charge in [0.2, 0.25) is 11.8 Å². The Morgan fingerprint density at radius 3 is 2.52 bits per heavy atom. The largest absolute Gasteiger partial charge is 0.369 e. The van der Waals surface area contributed by atoms with Crippen molar-refractivity contribution in [2.75, 3.05) is 4.90 Å². The molecule has 1 aliphatic heterocycles. The fourth-order valence-corrected chi connectivity index (χ4v) is 2.27. The maximum Gasteiger partial charge on any atom is 0.240 e. The lowest BCUT2D eigenvalue weighted by atomic mass is 9.94. The van der Waals surface area contributed by atoms with Crippen LogP contribution in [0.4, 0.5) is 5.69 Å². The highest BCUT2D eigenvalue weighted by Crippen LogP contribution is 2.20. The second kappa shape index (κ2) is 5.74. The van der Waals surface area contributed by atoms with E-state index >= 15 is 0 Å². The number of nitrogens with two attached hydrogens (primary N) is 1. The number of carbonyl (C=O) groups is 2. The number of amides is 2. The summed E-state index contributed by atoms with van der Waals surface area (Å²) < 4.78 is 0. The molecule has 0 bridgehead atoms. The van der Waals surface area contributed by atoms with Crippen molar-refractivity contribution in [1.82, 2.24) is 5.43 Å². The summed E-state index contributed by atoms with van der Waals surface area (Å²) in [6.07, 6.45) is 0.396. The van der Waals surface area contributed by atoms with Gasteiger partial charge in [0, 0.05) is 19.3 Å². The van der Waals surface area contributed by atoms with Gasteiger partial charge in [-0.3, -0.25) is 19.9 Å². The topological polar surface area (TPSA) is 112 Å². The molecule has 2 amide bonds. The van der Waals surface area contributed by atoms with Gasteiger partial charge < -0.3 is 5.73 Å². The van der Waals surface area contributed by atoms with E-state index < -0.39 is 0 Å². The van der Waals surface area contributed by atoms with E-state index in [4.69, 9.17) is 11.1 Å². The number of hydrogen-bond donors (Lipinski definition) is 3. The van der Waals surface area contributed by atoms with Crippen LogP contribution in [-0.4, -0.2) is 23.5 Å². The van der Waals surface area contributed by atoms with Crippen LogP contribution in [-0.2, 0) is 9.59 Å². The normalized spacial score (nSPS) is 17.7. The van der Waals surface area contributed by atoms with E-state index in [0.29, 0.717) is 12.1 Å². The van der Waals surface area contributed by atoms with E-state index in [-0.39, 0.29) is 23.7 Å². The van der Waals surface area contributed by atoms with Crippen LogP contribution in [0.5, 0.6) is 0 Å². The highest BCUT2D eigenvalue weighted by Gasteiger charge is 2.22. The number of hydrazone groups is 1. The zero-order chi connectivity index (χ0) is 15.6. The smallest absolute Gasteiger partial charge is 0.240 e. The van der Waals surface area contributed by atoms with Gasteiger partial charge >= 0.3 is 0 Å². The molecule has 110 valence electrons. The molecule has 0 radical (unpaired) electrons. The molecule has 1 atom stereocenters. The molecule has 21 heavy (non-hydrogen) atoms. The van der Waals surface area contributed by atoms with E-state index in [2.05, 4.69) is 10.5 Å². The Kier molecular flexibility index (Phi) is 4.02. The molecule has 7 nitrogen and oxygen atoms in total. The maximum absolute atomic E-state index is 11.5. The summed E-state index contributed by atoms with van der Waals surface area (Å²) in [6, 6.07) is 6.98. The van der Waals surface area contributed by atoms with Gasteiger partial charge in [-0.1, -0.05) is 19.1 Å². The van der Waals surface area contributed by atoms with Crippen LogP contribution in [0.3, 0.4) is 0 Å². The minimum atomic E-state index is -0.328. The summed E-state index contributed by atoms with van der Waals surface area (Å²) in [7, 11) is 0. The first-order valence-corrected chi connectivity index (χ1v) is 6.51. The summed E-state index contributed by atoms with van der Waals surface area (Å²) in [5.41, 5.74) is 10.0. The predicted octanol–water partition coefficient (Wildman–Crippen LogP) is 0.793. The fraction of sp³-hybridized carbons (Fsp3) is 0.286. The Balaban J connectivity index is 2.29. The van der Waals surface area contributed by atoms with Crippen LogP contribution in [0, 0.1) is 11.3 Å². The predicted molar refractivity (Wildman–Crippen MR) is 80.0 cm³/mol. The highest BCUT2D eigenvalue weighted by molar-refractivity contribution is 6.14. The summed E-state index contributed by atoms with van der Waals surface area (Å²) in [5.74, 6) is -0.722. The minimum Gasteiger partial charge on any atom is -0.369 e. The van der Waals surface area contributed by atoms with Crippen molar-refractivity contribution >= 4 is 29.2 Å². The van der Waals surface area contributed by atoms with Crippen LogP contribution in [0.25, 0.3) is 0 Å². The molecule has 0 aromatic heterocycles. The van der Waals surface area contributed by atoms with Crippen molar-refractivity contribution < 1.29 is 9.59 Å². The Bertz CT molecular complexity index is 607. The number of hydrogen-bond acceptors (Lipinski definition) is 4. The van der Waals surface area contributed by atoms with Crippen molar-refractivity contribution in [3.05, 3.63) is 29.8 Å². The second-order valence-corrected chi connectivity index (χ2v) is 4.92. The van der Waals surface area contributed by atoms with E-state index in [0.717, 1.165) is 16.2 Å². The van der Waals surface area contributed by atoms with Gasteiger partial charge in [-0.15, -0.1) is 0 Å². The molecule has 1 aliphatic rings. The summed E-state index contributed by atoms with van der Waals surface area (Å²) >= 11 is 0. The molecule has 0 saturated carbocycles. The van der Waals surface area contributed by atoms with E-state index in [1.54, 1.807) is 24.3 Å². The minimum absolute atomic E-state index is 0.0290. The molecule has 0 spiro atoms. The number of anilines is 1. The van der Waals surface area contributed by atoms with E-state index in [9.17, 15) is 9.59 Å². The van der Waals surface area contributed by atoms with Gasteiger partial charge in [0.15, 0.2) is 5.96 Å². The quantitative estimate of drug-likeness (QED) is 0.552. The van der Waals surface area contributed by atoms with Gasteiger partial charge in [-0.05, 0) is 17.7 Å². The molecule has 2 rings (SSSR count). The molecule has 4 N–H and O–H groups in total. The lowest BCUT2D eigenvalue weighted by Gasteiger charge is -2.21. The molecule has 0 fully saturated rings. The van der Waals surface area contributed by atoms with Crippen molar-refractivity contribution in [1.29, 1.82) is 5.41 Å². The number of nitrogens with zero attached hydrogens (tertiary/aromatic N) is 2. The molecule has 1 aromatic carbocycles. The van der Waals surface area contributed by atoms with Gasteiger partial charge in [-0.2, -0.15) is 5.10 Å². The van der Waals surface area contributed by atoms with Crippen LogP contribution in [0.15, 0.2) is 29.4 Å². The molecule has 1 aromatic rings. The fourth-order valence-electron chi connectivity index (χ4n) is 2.27. The molecular formula is C14H17N5O2. The van der Waals surface area contributed by atoms with Gasteiger partial charge in [-0.25, -0.2) is 5.43 Å². The third-order valence-electron chi connectivity index (χ3n) is 3.24. The molecule has 1 unspecified atom stereocenters. The maximum atomic E-state index is 11.5. The molecule has 0 aliphatic carbocycles. The average molecular weight is 287 g/mol. The standard InChI is InChI=1S/C14H17N5O2/c1-8-7-12(21)17-18-13(8)10-3-5-11(6-4-10)19(9(2)20)14(15)16/h3-6,8H,7H2,1-2H3,(H3,15,16)(H,17,21). The lowest BCUT2D eigenvalue weighted by molar-refractivity contribution is -0.122. The number of guanidine groups is 1. The lowest BCUT2D eigenvalue weighted by Crippen LogP contribution is -2.40. The van der Waals surface area contributed by atoms with Gasteiger partial charge in [0.1, 0.15) is 0 Å². The monoisotopic (exact) mass is 287 g/mol. The first-order chi connectivity index (χ1) is 9.90. The molecule has 1 heterocycles. The van der Waals surface area contributed by atoms with Gasteiger partial charge in [0.05, 0.1) is 11.4 Å². The first-order valence-electron chi connectivity index (χ1n) is 6.51. The second-order valence-electron chi connectivity index (χ2n) is 4.92. The number of rotatable bonds is 2. The highest BCUT2D eigenvalue weighted by atomic mass is 16.2. The van der Waals surface area contributed by atoms with E-state index in [1.807, 2.05) is 6.92 Å². The zero-order valence-electron chi connectivity index (χ0n) is 11.9. The number of nitrogens with one attached hydrogen (secondary N) is 2. The molecule has 7 heteroatoms. The van der Waals surface area contributed by atoms with Crippen LogP contribution in [0.1, 0.15) is 25.8 Å². The Labute approximate surface area is 122 Å². The van der Waals surface area contributed by atoms with Crippen molar-refractivity contribution in [2.24, 2.45) is 16.8 Å². The van der Waals surface area contributed by atoms with Gasteiger partial charge in [0.25, 0.3) is 0 Å². The zero-order valence-corrected chi connectivity index (χ0v) is 11.9. The summed E-state index contributed by atoms with van der Waals surface area (Å²) in [4.78, 5) is 23.8. The van der Waals surface area contributed by atoms with Crippen LogP contribution >= 0.6 is 0 Å². The van der Waals surface area contributed by atoms with E-state index in [1.165, 1.54) is 6.92 Å². The third kappa shape index (κ3) is 3.07. The summed E-state index contributed by atoms with van der Waals surface area (Å²) in [6.45, 7) is 3.28. The molecular weight excluding hydrogens is 270 g/mol. The molecule has 0 saturated heterocycles. The van der Waals surface area contributed by atoms with Crippen LogP contribution < -0.4 is 16.1 Å². The Morgan fingerprint density at radius 1 is 1.43 bits per heavy atom. The first kappa shape index (κ1) is 14.7.